The Morgan fingerprint density at radius 3 is 2.00 bits per heavy atom. The van der Waals surface area contributed by atoms with E-state index in [0.29, 0.717) is 23.8 Å². The Balaban J connectivity index is 2.72. The van der Waals surface area contributed by atoms with Crippen LogP contribution in [-0.4, -0.2) is 24.0 Å². The standard InChI is InChI=1S/C15H30N2O/c1-9(2)7-12-14(11(5)6)17-15(18)13(16-12)8-10(3)4/h9-14,16H,7-8H2,1-6H3,(H,17,18)/t12-,13-,14+/m0/s1. The third-order valence-corrected chi connectivity index (χ3v) is 3.62. The Hall–Kier alpha value is -0.570. The summed E-state index contributed by atoms with van der Waals surface area (Å²) in [6.45, 7) is 13.2. The molecule has 0 aromatic heterocycles. The van der Waals surface area contributed by atoms with E-state index in [2.05, 4.69) is 52.2 Å². The van der Waals surface area contributed by atoms with Crippen LogP contribution in [0.5, 0.6) is 0 Å². The van der Waals surface area contributed by atoms with E-state index >= 15 is 0 Å². The fourth-order valence-corrected chi connectivity index (χ4v) is 2.80. The lowest BCUT2D eigenvalue weighted by atomic mass is 9.86. The zero-order chi connectivity index (χ0) is 13.9. The van der Waals surface area contributed by atoms with Gasteiger partial charge in [0, 0.05) is 12.1 Å². The second kappa shape index (κ2) is 6.55. The number of hydrogen-bond donors (Lipinski definition) is 2. The Morgan fingerprint density at radius 2 is 1.56 bits per heavy atom. The largest absolute Gasteiger partial charge is 0.350 e. The fourth-order valence-electron chi connectivity index (χ4n) is 2.80. The number of amides is 1. The molecule has 0 spiro atoms. The van der Waals surface area contributed by atoms with Crippen LogP contribution in [0.25, 0.3) is 0 Å². The molecule has 0 bridgehead atoms. The van der Waals surface area contributed by atoms with Crippen LogP contribution < -0.4 is 10.6 Å². The molecule has 1 fully saturated rings. The third-order valence-electron chi connectivity index (χ3n) is 3.62. The van der Waals surface area contributed by atoms with Crippen LogP contribution in [0.2, 0.25) is 0 Å². The van der Waals surface area contributed by atoms with Gasteiger partial charge in [-0.15, -0.1) is 0 Å². The van der Waals surface area contributed by atoms with E-state index in [0.717, 1.165) is 12.8 Å². The average Bonchev–Trinajstić information content (AvgIpc) is 2.20. The number of piperazine rings is 1. The van der Waals surface area contributed by atoms with E-state index in [9.17, 15) is 4.79 Å². The minimum atomic E-state index is -0.0104. The highest BCUT2D eigenvalue weighted by atomic mass is 16.2. The van der Waals surface area contributed by atoms with Gasteiger partial charge in [0.05, 0.1) is 6.04 Å². The third kappa shape index (κ3) is 4.27. The van der Waals surface area contributed by atoms with Crippen molar-refractivity contribution in [1.82, 2.24) is 10.6 Å². The van der Waals surface area contributed by atoms with Gasteiger partial charge in [0.2, 0.25) is 5.91 Å². The maximum absolute atomic E-state index is 12.1. The predicted octanol–water partition coefficient (Wildman–Crippen LogP) is 2.56. The number of carbonyl (C=O) groups excluding carboxylic acids is 1. The molecule has 3 nitrogen and oxygen atoms in total. The van der Waals surface area contributed by atoms with Crippen LogP contribution in [-0.2, 0) is 4.79 Å². The molecular weight excluding hydrogens is 224 g/mol. The molecule has 0 saturated carbocycles. The molecule has 3 atom stereocenters. The monoisotopic (exact) mass is 254 g/mol. The molecule has 0 aromatic carbocycles. The summed E-state index contributed by atoms with van der Waals surface area (Å²) in [5.74, 6) is 1.86. The summed E-state index contributed by atoms with van der Waals surface area (Å²) in [6, 6.07) is 0.665. The molecule has 0 unspecified atom stereocenters. The summed E-state index contributed by atoms with van der Waals surface area (Å²) in [6.07, 6.45) is 2.04. The number of hydrogen-bond acceptors (Lipinski definition) is 2. The molecule has 1 aliphatic rings. The van der Waals surface area contributed by atoms with Crippen molar-refractivity contribution in [3.8, 4) is 0 Å². The summed E-state index contributed by atoms with van der Waals surface area (Å²) in [4.78, 5) is 12.1. The van der Waals surface area contributed by atoms with E-state index < -0.39 is 0 Å². The quantitative estimate of drug-likeness (QED) is 0.791. The zero-order valence-corrected chi connectivity index (χ0v) is 12.8. The van der Waals surface area contributed by atoms with Crippen LogP contribution in [0.4, 0.5) is 0 Å². The second-order valence-corrected chi connectivity index (χ2v) is 6.86. The molecule has 1 rings (SSSR count). The lowest BCUT2D eigenvalue weighted by Gasteiger charge is -2.41. The summed E-state index contributed by atoms with van der Waals surface area (Å²) in [5.41, 5.74) is 0. The molecule has 0 aromatic rings. The molecule has 3 heteroatoms. The first-order valence-corrected chi connectivity index (χ1v) is 7.37. The molecule has 2 N–H and O–H groups in total. The van der Waals surface area contributed by atoms with Gasteiger partial charge in [-0.3, -0.25) is 4.79 Å². The summed E-state index contributed by atoms with van der Waals surface area (Å²) in [7, 11) is 0. The summed E-state index contributed by atoms with van der Waals surface area (Å²) in [5, 5.41) is 6.81. The Kier molecular flexibility index (Phi) is 5.64. The van der Waals surface area contributed by atoms with Crippen LogP contribution in [0.1, 0.15) is 54.4 Å². The first kappa shape index (κ1) is 15.5. The molecule has 106 valence electrons. The Labute approximate surface area is 112 Å². The van der Waals surface area contributed by atoms with E-state index in [1.807, 2.05) is 0 Å². The van der Waals surface area contributed by atoms with Crippen molar-refractivity contribution in [1.29, 1.82) is 0 Å². The van der Waals surface area contributed by atoms with Crippen LogP contribution in [0.15, 0.2) is 0 Å². The Morgan fingerprint density at radius 1 is 1.00 bits per heavy atom. The maximum atomic E-state index is 12.1. The van der Waals surface area contributed by atoms with Gasteiger partial charge in [0.1, 0.15) is 0 Å². The minimum Gasteiger partial charge on any atom is -0.350 e. The van der Waals surface area contributed by atoms with Crippen molar-refractivity contribution in [3.63, 3.8) is 0 Å². The van der Waals surface area contributed by atoms with E-state index in [1.54, 1.807) is 0 Å². The van der Waals surface area contributed by atoms with Crippen molar-refractivity contribution >= 4 is 5.91 Å². The average molecular weight is 254 g/mol. The topological polar surface area (TPSA) is 41.1 Å². The maximum Gasteiger partial charge on any atom is 0.237 e. The van der Waals surface area contributed by atoms with Crippen LogP contribution in [0.3, 0.4) is 0 Å². The minimum absolute atomic E-state index is 0.0104. The molecule has 18 heavy (non-hydrogen) atoms. The highest BCUT2D eigenvalue weighted by molar-refractivity contribution is 5.83. The van der Waals surface area contributed by atoms with Gasteiger partial charge in [0.15, 0.2) is 0 Å². The van der Waals surface area contributed by atoms with E-state index in [4.69, 9.17) is 0 Å². The number of rotatable bonds is 5. The normalized spacial score (nSPS) is 29.2. The van der Waals surface area contributed by atoms with Crippen molar-refractivity contribution in [2.75, 3.05) is 0 Å². The van der Waals surface area contributed by atoms with Crippen molar-refractivity contribution in [2.24, 2.45) is 17.8 Å². The van der Waals surface area contributed by atoms with Crippen molar-refractivity contribution in [2.45, 2.75) is 72.5 Å². The molecule has 1 heterocycles. The lowest BCUT2D eigenvalue weighted by molar-refractivity contribution is -0.127. The summed E-state index contributed by atoms with van der Waals surface area (Å²) >= 11 is 0. The molecule has 0 aliphatic carbocycles. The fraction of sp³-hybridized carbons (Fsp3) is 0.933. The van der Waals surface area contributed by atoms with Crippen molar-refractivity contribution in [3.05, 3.63) is 0 Å². The van der Waals surface area contributed by atoms with E-state index in [-0.39, 0.29) is 18.0 Å². The van der Waals surface area contributed by atoms with E-state index in [1.165, 1.54) is 0 Å². The second-order valence-electron chi connectivity index (χ2n) is 6.86. The molecule has 1 saturated heterocycles. The van der Waals surface area contributed by atoms with Crippen molar-refractivity contribution < 1.29 is 4.79 Å². The van der Waals surface area contributed by atoms with Gasteiger partial charge < -0.3 is 10.6 Å². The predicted molar refractivity (Wildman–Crippen MR) is 76.4 cm³/mol. The molecular formula is C15H30N2O. The van der Waals surface area contributed by atoms with Gasteiger partial charge in [-0.05, 0) is 30.6 Å². The summed E-state index contributed by atoms with van der Waals surface area (Å²) < 4.78 is 0. The lowest BCUT2D eigenvalue weighted by Crippen LogP contribution is -2.65. The molecule has 0 radical (unpaired) electrons. The van der Waals surface area contributed by atoms with Gasteiger partial charge in [-0.1, -0.05) is 41.5 Å². The zero-order valence-electron chi connectivity index (χ0n) is 12.8. The van der Waals surface area contributed by atoms with Crippen LogP contribution >= 0.6 is 0 Å². The highest BCUT2D eigenvalue weighted by Crippen LogP contribution is 2.20. The first-order valence-electron chi connectivity index (χ1n) is 7.37. The smallest absolute Gasteiger partial charge is 0.237 e. The number of nitrogens with one attached hydrogen (secondary N) is 2. The molecule has 1 amide bonds. The molecule has 1 aliphatic heterocycles. The van der Waals surface area contributed by atoms with Crippen LogP contribution in [0, 0.1) is 17.8 Å². The van der Waals surface area contributed by atoms with Gasteiger partial charge in [0.25, 0.3) is 0 Å². The SMILES string of the molecule is CC(C)C[C@@H]1N[C@@H](CC(C)C)[C@@H](C(C)C)NC1=O. The highest BCUT2D eigenvalue weighted by Gasteiger charge is 2.36. The van der Waals surface area contributed by atoms with Gasteiger partial charge in [-0.2, -0.15) is 0 Å². The Bertz CT molecular complexity index is 274. The van der Waals surface area contributed by atoms with Gasteiger partial charge >= 0.3 is 0 Å². The van der Waals surface area contributed by atoms with Gasteiger partial charge in [-0.25, -0.2) is 0 Å². The number of carbonyl (C=O) groups is 1. The first-order chi connectivity index (χ1) is 8.31.